The van der Waals surface area contributed by atoms with Crippen LogP contribution < -0.4 is 4.72 Å². The summed E-state index contributed by atoms with van der Waals surface area (Å²) in [5.41, 5.74) is -1.45. The Morgan fingerprint density at radius 1 is 1.10 bits per heavy atom. The smallest absolute Gasteiger partial charge is 0.416 e. The van der Waals surface area contributed by atoms with Crippen LogP contribution in [0.25, 0.3) is 10.4 Å². The summed E-state index contributed by atoms with van der Waals surface area (Å²) in [5, 5.41) is 8.58. The monoisotopic (exact) mass is 473 g/mol. The number of sulfonamides is 1. The standard InChI is InChI=1S/C20H15F4NO4S2/c1-2-11-3-4-12(19(26)27)9-17(11)31(28,29)25-15-10-13(20(22,23)24)5-6-14(15)16-7-8-18(21)30-16/h3-10,25H,2H2,1H3,(H,26,27). The molecular weight excluding hydrogens is 458 g/mol. The zero-order chi connectivity index (χ0) is 23.0. The second-order valence-electron chi connectivity index (χ2n) is 6.45. The van der Waals surface area contributed by atoms with Gasteiger partial charge in [-0.3, -0.25) is 4.72 Å². The van der Waals surface area contributed by atoms with Crippen LogP contribution in [0.2, 0.25) is 0 Å². The zero-order valence-electron chi connectivity index (χ0n) is 15.8. The van der Waals surface area contributed by atoms with E-state index < -0.39 is 38.6 Å². The first-order valence-electron chi connectivity index (χ1n) is 8.78. The number of nitrogens with one attached hydrogen (secondary N) is 1. The molecule has 0 unspecified atom stereocenters. The molecule has 11 heteroatoms. The van der Waals surface area contributed by atoms with Gasteiger partial charge in [0.1, 0.15) is 0 Å². The Labute approximate surface area is 179 Å². The average Bonchev–Trinajstić information content (AvgIpc) is 3.12. The maximum Gasteiger partial charge on any atom is 0.416 e. The topological polar surface area (TPSA) is 83.5 Å². The maximum atomic E-state index is 13.5. The van der Waals surface area contributed by atoms with Crippen molar-refractivity contribution < 1.29 is 35.9 Å². The summed E-state index contributed by atoms with van der Waals surface area (Å²) < 4.78 is 81.4. The van der Waals surface area contributed by atoms with Gasteiger partial charge in [-0.15, -0.1) is 11.3 Å². The molecule has 0 aliphatic heterocycles. The number of aromatic carboxylic acids is 1. The lowest BCUT2D eigenvalue weighted by Crippen LogP contribution is -2.17. The number of benzene rings is 2. The third kappa shape index (κ3) is 4.88. The van der Waals surface area contributed by atoms with Crippen molar-refractivity contribution in [3.05, 3.63) is 70.4 Å². The van der Waals surface area contributed by atoms with Crippen LogP contribution in [0.3, 0.4) is 0 Å². The third-order valence-electron chi connectivity index (χ3n) is 4.41. The lowest BCUT2D eigenvalue weighted by Gasteiger charge is -2.16. The first-order chi connectivity index (χ1) is 14.4. The Morgan fingerprint density at radius 3 is 2.35 bits per heavy atom. The van der Waals surface area contributed by atoms with Crippen LogP contribution in [-0.4, -0.2) is 19.5 Å². The van der Waals surface area contributed by atoms with Crippen LogP contribution in [0.1, 0.15) is 28.4 Å². The number of hydrogen-bond donors (Lipinski definition) is 2. The van der Waals surface area contributed by atoms with Gasteiger partial charge in [0, 0.05) is 10.4 Å². The maximum absolute atomic E-state index is 13.5. The van der Waals surface area contributed by atoms with Gasteiger partial charge in [0.15, 0.2) is 5.13 Å². The fourth-order valence-corrected chi connectivity index (χ4v) is 5.09. The molecule has 0 saturated heterocycles. The Hall–Kier alpha value is -2.92. The number of hydrogen-bond acceptors (Lipinski definition) is 4. The predicted octanol–water partition coefficient (Wildman–Crippen LogP) is 5.63. The minimum Gasteiger partial charge on any atom is -0.478 e. The molecule has 0 fully saturated rings. The van der Waals surface area contributed by atoms with Crippen molar-refractivity contribution >= 4 is 33.0 Å². The Balaban J connectivity index is 2.16. The van der Waals surface area contributed by atoms with Gasteiger partial charge in [-0.2, -0.15) is 17.6 Å². The number of carboxylic acids is 1. The highest BCUT2D eigenvalue weighted by atomic mass is 32.2. The second kappa shape index (κ2) is 8.31. The zero-order valence-corrected chi connectivity index (χ0v) is 17.5. The van der Waals surface area contributed by atoms with Crippen molar-refractivity contribution in [2.24, 2.45) is 0 Å². The molecule has 2 aromatic carbocycles. The van der Waals surface area contributed by atoms with Crippen molar-refractivity contribution in [1.29, 1.82) is 0 Å². The number of halogens is 4. The molecule has 1 aromatic heterocycles. The minimum atomic E-state index is -4.74. The normalized spacial score (nSPS) is 12.0. The molecule has 0 amide bonds. The highest BCUT2D eigenvalue weighted by Crippen LogP contribution is 2.39. The van der Waals surface area contributed by atoms with Crippen molar-refractivity contribution in [2.75, 3.05) is 4.72 Å². The van der Waals surface area contributed by atoms with Crippen molar-refractivity contribution in [3.8, 4) is 10.4 Å². The van der Waals surface area contributed by atoms with E-state index in [1.165, 1.54) is 18.2 Å². The first-order valence-corrected chi connectivity index (χ1v) is 11.1. The van der Waals surface area contributed by atoms with Crippen LogP contribution in [-0.2, 0) is 22.6 Å². The highest BCUT2D eigenvalue weighted by molar-refractivity contribution is 7.92. The predicted molar refractivity (Wildman–Crippen MR) is 108 cm³/mol. The summed E-state index contributed by atoms with van der Waals surface area (Å²) in [7, 11) is -4.47. The van der Waals surface area contributed by atoms with Gasteiger partial charge in [0.2, 0.25) is 0 Å². The van der Waals surface area contributed by atoms with E-state index in [2.05, 4.69) is 4.72 Å². The second-order valence-corrected chi connectivity index (χ2v) is 9.13. The summed E-state index contributed by atoms with van der Waals surface area (Å²) in [4.78, 5) is 11.1. The average molecular weight is 473 g/mol. The molecule has 1 heterocycles. The van der Waals surface area contributed by atoms with Gasteiger partial charge in [-0.25, -0.2) is 13.2 Å². The molecule has 0 aliphatic rings. The number of carboxylic acid groups (broad SMARTS) is 1. The molecule has 0 atom stereocenters. The lowest BCUT2D eigenvalue weighted by atomic mass is 10.1. The molecule has 0 spiro atoms. The quantitative estimate of drug-likeness (QED) is 0.454. The van der Waals surface area contributed by atoms with E-state index in [4.69, 9.17) is 0 Å². The molecule has 3 aromatic rings. The number of rotatable bonds is 6. The van der Waals surface area contributed by atoms with E-state index in [9.17, 15) is 35.9 Å². The molecule has 0 radical (unpaired) electrons. The molecule has 164 valence electrons. The Bertz CT molecular complexity index is 1250. The third-order valence-corrected chi connectivity index (χ3v) is 6.77. The van der Waals surface area contributed by atoms with Gasteiger partial charge in [-0.05, 0) is 48.4 Å². The molecule has 2 N–H and O–H groups in total. The molecule has 31 heavy (non-hydrogen) atoms. The van der Waals surface area contributed by atoms with Crippen molar-refractivity contribution in [2.45, 2.75) is 24.4 Å². The van der Waals surface area contributed by atoms with Crippen LogP contribution in [0.4, 0.5) is 23.2 Å². The van der Waals surface area contributed by atoms with Gasteiger partial charge in [0.05, 0.1) is 21.7 Å². The number of anilines is 1. The van der Waals surface area contributed by atoms with Crippen LogP contribution in [0.5, 0.6) is 0 Å². The fraction of sp³-hybridized carbons (Fsp3) is 0.150. The molecule has 0 aliphatic carbocycles. The first kappa shape index (κ1) is 22.8. The van der Waals surface area contributed by atoms with Crippen LogP contribution in [0, 0.1) is 5.13 Å². The van der Waals surface area contributed by atoms with Gasteiger partial charge >= 0.3 is 12.1 Å². The fourth-order valence-electron chi connectivity index (χ4n) is 2.91. The summed E-state index contributed by atoms with van der Waals surface area (Å²) in [5.74, 6) is -1.35. The molecular formula is C20H15F4NO4S2. The SMILES string of the molecule is CCc1ccc(C(=O)O)cc1S(=O)(=O)Nc1cc(C(F)(F)F)ccc1-c1ccc(F)s1. The van der Waals surface area contributed by atoms with Crippen LogP contribution >= 0.6 is 11.3 Å². The number of thiophene rings is 1. The van der Waals surface area contributed by atoms with E-state index in [1.807, 2.05) is 0 Å². The van der Waals surface area contributed by atoms with Gasteiger partial charge in [0.25, 0.3) is 10.0 Å². The number of aryl methyl sites for hydroxylation is 1. The molecule has 5 nitrogen and oxygen atoms in total. The van der Waals surface area contributed by atoms with E-state index >= 15 is 0 Å². The van der Waals surface area contributed by atoms with Crippen molar-refractivity contribution in [1.82, 2.24) is 0 Å². The van der Waals surface area contributed by atoms with Crippen LogP contribution in [0.15, 0.2) is 53.4 Å². The number of carbonyl (C=O) groups is 1. The minimum absolute atomic E-state index is 0.0536. The van der Waals surface area contributed by atoms with Gasteiger partial charge < -0.3 is 5.11 Å². The largest absolute Gasteiger partial charge is 0.478 e. The van der Waals surface area contributed by atoms with E-state index in [0.29, 0.717) is 17.4 Å². The summed E-state index contributed by atoms with van der Waals surface area (Å²) >= 11 is 0.644. The number of alkyl halides is 3. The summed E-state index contributed by atoms with van der Waals surface area (Å²) in [6.07, 6.45) is -4.50. The summed E-state index contributed by atoms with van der Waals surface area (Å²) in [6, 6.07) is 8.40. The molecule has 0 bridgehead atoms. The molecule has 3 rings (SSSR count). The Kier molecular flexibility index (Phi) is 6.10. The summed E-state index contributed by atoms with van der Waals surface area (Å²) in [6.45, 7) is 1.65. The lowest BCUT2D eigenvalue weighted by molar-refractivity contribution is -0.137. The van der Waals surface area contributed by atoms with Crippen molar-refractivity contribution in [3.63, 3.8) is 0 Å². The van der Waals surface area contributed by atoms with E-state index in [1.54, 1.807) is 6.92 Å². The van der Waals surface area contributed by atoms with Gasteiger partial charge in [-0.1, -0.05) is 19.1 Å². The van der Waals surface area contributed by atoms with E-state index in [-0.39, 0.29) is 32.9 Å². The Morgan fingerprint density at radius 2 is 1.81 bits per heavy atom. The molecule has 0 saturated carbocycles. The highest BCUT2D eigenvalue weighted by Gasteiger charge is 2.32. The van der Waals surface area contributed by atoms with E-state index in [0.717, 1.165) is 24.3 Å².